The molecule has 0 aromatic heterocycles. The zero-order chi connectivity index (χ0) is 51.0. The number of unbranched alkanes of at least 4 members (excludes halogenated alkanes) is 11. The zero-order valence-corrected chi connectivity index (χ0v) is 42.2. The molecule has 15 nitrogen and oxygen atoms in total. The van der Waals surface area contributed by atoms with E-state index in [4.69, 9.17) is 28.4 Å². The summed E-state index contributed by atoms with van der Waals surface area (Å²) in [4.78, 5) is 25.7. The van der Waals surface area contributed by atoms with Gasteiger partial charge >= 0.3 is 11.9 Å². The number of aliphatic hydroxyl groups excluding tert-OH is 7. The van der Waals surface area contributed by atoms with Crippen LogP contribution in [-0.2, 0) is 38.0 Å². The number of rotatable bonds is 39. The summed E-state index contributed by atoms with van der Waals surface area (Å²) in [5.41, 5.74) is 0. The SMILES string of the molecule is CC/C=C/C/C=C/C/C=C/C/C=C/C/C=C/C/C=C/CCC(=O)OC[C@@H](CO[C@@H]1O[C@H](CO[C@@H]2O[C@H](CO)[C@H](O)C(O)C2O)[C@H](O)C(O)C1O)OC(=O)CCCCCCC/C=C/CCCCCCCC. The van der Waals surface area contributed by atoms with E-state index in [-0.39, 0.29) is 19.4 Å². The fourth-order valence-corrected chi connectivity index (χ4v) is 7.59. The Balaban J connectivity index is 1.84. The Morgan fingerprint density at radius 3 is 1.47 bits per heavy atom. The number of allylic oxidation sites excluding steroid dienone is 14. The lowest BCUT2D eigenvalue weighted by Crippen LogP contribution is -2.61. The third-order valence-corrected chi connectivity index (χ3v) is 11.9. The first-order chi connectivity index (χ1) is 34.0. The molecule has 400 valence electrons. The number of esters is 2. The summed E-state index contributed by atoms with van der Waals surface area (Å²) < 4.78 is 33.5. The molecule has 2 saturated heterocycles. The number of ether oxygens (including phenoxy) is 6. The van der Waals surface area contributed by atoms with Crippen LogP contribution in [0, 0.1) is 0 Å². The molecule has 2 fully saturated rings. The average molecular weight is 991 g/mol. The number of hydrogen-bond acceptors (Lipinski definition) is 15. The fraction of sp³-hybridized carbons (Fsp3) is 0.709. The monoisotopic (exact) mass is 991 g/mol. The van der Waals surface area contributed by atoms with Gasteiger partial charge in [-0.2, -0.15) is 0 Å². The van der Waals surface area contributed by atoms with Crippen molar-refractivity contribution in [2.75, 3.05) is 26.4 Å². The molecule has 0 saturated carbocycles. The van der Waals surface area contributed by atoms with Crippen LogP contribution in [0.25, 0.3) is 0 Å². The highest BCUT2D eigenvalue weighted by atomic mass is 16.7. The maximum atomic E-state index is 13.0. The van der Waals surface area contributed by atoms with Crippen LogP contribution in [0.1, 0.15) is 155 Å². The predicted molar refractivity (Wildman–Crippen MR) is 270 cm³/mol. The minimum atomic E-state index is -1.78. The molecule has 2 aliphatic heterocycles. The average Bonchev–Trinajstić information content (AvgIpc) is 3.35. The molecule has 0 amide bonds. The van der Waals surface area contributed by atoms with Gasteiger partial charge in [0, 0.05) is 12.8 Å². The molecule has 0 aromatic carbocycles. The molecule has 7 N–H and O–H groups in total. The molecule has 0 aromatic rings. The van der Waals surface area contributed by atoms with Crippen molar-refractivity contribution < 1.29 is 73.8 Å². The normalized spacial score (nSPS) is 26.1. The third-order valence-electron chi connectivity index (χ3n) is 11.9. The van der Waals surface area contributed by atoms with Crippen LogP contribution < -0.4 is 0 Å². The molecule has 70 heavy (non-hydrogen) atoms. The molecular weight excluding hydrogens is 901 g/mol. The van der Waals surface area contributed by atoms with Gasteiger partial charge in [-0.25, -0.2) is 0 Å². The van der Waals surface area contributed by atoms with E-state index in [0.29, 0.717) is 12.8 Å². The van der Waals surface area contributed by atoms with Gasteiger partial charge in [-0.3, -0.25) is 9.59 Å². The van der Waals surface area contributed by atoms with E-state index in [1.807, 2.05) is 12.2 Å². The molecule has 0 aliphatic carbocycles. The Hall–Kier alpha value is -3.32. The van der Waals surface area contributed by atoms with Gasteiger partial charge in [0.1, 0.15) is 55.4 Å². The van der Waals surface area contributed by atoms with Crippen molar-refractivity contribution in [3.05, 3.63) is 85.1 Å². The lowest BCUT2D eigenvalue weighted by molar-refractivity contribution is -0.332. The summed E-state index contributed by atoms with van der Waals surface area (Å²) >= 11 is 0. The first kappa shape index (κ1) is 62.8. The van der Waals surface area contributed by atoms with Crippen LogP contribution in [0.2, 0.25) is 0 Å². The number of hydrogen-bond donors (Lipinski definition) is 7. The molecule has 0 bridgehead atoms. The lowest BCUT2D eigenvalue weighted by atomic mass is 9.98. The van der Waals surface area contributed by atoms with Crippen molar-refractivity contribution in [3.63, 3.8) is 0 Å². The minimum Gasteiger partial charge on any atom is -0.462 e. The van der Waals surface area contributed by atoms with E-state index in [1.54, 1.807) is 0 Å². The highest BCUT2D eigenvalue weighted by Gasteiger charge is 2.47. The highest BCUT2D eigenvalue weighted by Crippen LogP contribution is 2.26. The Kier molecular flexibility index (Phi) is 36.9. The summed E-state index contributed by atoms with van der Waals surface area (Å²) in [7, 11) is 0. The third kappa shape index (κ3) is 28.7. The number of carbonyl (C=O) groups is 2. The van der Waals surface area contributed by atoms with Crippen molar-refractivity contribution >= 4 is 11.9 Å². The highest BCUT2D eigenvalue weighted by molar-refractivity contribution is 5.70. The topological polar surface area (TPSA) is 231 Å². The summed E-state index contributed by atoms with van der Waals surface area (Å²) in [6, 6.07) is 0. The van der Waals surface area contributed by atoms with Gasteiger partial charge in [-0.1, -0.05) is 150 Å². The van der Waals surface area contributed by atoms with Gasteiger partial charge in [0.25, 0.3) is 0 Å². The van der Waals surface area contributed by atoms with Crippen molar-refractivity contribution in [1.29, 1.82) is 0 Å². The second-order valence-electron chi connectivity index (χ2n) is 18.0. The van der Waals surface area contributed by atoms with Gasteiger partial charge in [0.2, 0.25) is 0 Å². The summed E-state index contributed by atoms with van der Waals surface area (Å²) in [6.45, 7) is 2.37. The first-order valence-electron chi connectivity index (χ1n) is 26.2. The van der Waals surface area contributed by atoms with Crippen molar-refractivity contribution in [3.8, 4) is 0 Å². The predicted octanol–water partition coefficient (Wildman–Crippen LogP) is 7.60. The van der Waals surface area contributed by atoms with E-state index < -0.39 is 99.3 Å². The summed E-state index contributed by atoms with van der Waals surface area (Å²) in [5, 5.41) is 72.1. The van der Waals surface area contributed by atoms with Crippen molar-refractivity contribution in [1.82, 2.24) is 0 Å². The van der Waals surface area contributed by atoms with Crippen molar-refractivity contribution in [2.45, 2.75) is 223 Å². The van der Waals surface area contributed by atoms with Gasteiger partial charge in [-0.05, 0) is 77.0 Å². The molecule has 2 rings (SSSR count). The van der Waals surface area contributed by atoms with Crippen LogP contribution in [-0.4, -0.2) is 142 Å². The Bertz CT molecular complexity index is 1540. The number of aliphatic hydroxyl groups is 7. The van der Waals surface area contributed by atoms with E-state index in [2.05, 4.69) is 86.8 Å². The molecule has 0 radical (unpaired) electrons. The van der Waals surface area contributed by atoms with E-state index >= 15 is 0 Å². The van der Waals surface area contributed by atoms with E-state index in [1.165, 1.54) is 38.5 Å². The van der Waals surface area contributed by atoms with Crippen LogP contribution in [0.15, 0.2) is 85.1 Å². The second-order valence-corrected chi connectivity index (χ2v) is 18.0. The molecule has 15 heteroatoms. The largest absolute Gasteiger partial charge is 0.462 e. The molecule has 2 aliphatic rings. The van der Waals surface area contributed by atoms with Gasteiger partial charge in [0.15, 0.2) is 18.7 Å². The molecule has 2 heterocycles. The Labute approximate surface area is 418 Å². The van der Waals surface area contributed by atoms with Crippen LogP contribution in [0.3, 0.4) is 0 Å². The second kappa shape index (κ2) is 41.2. The van der Waals surface area contributed by atoms with E-state index in [0.717, 1.165) is 77.0 Å². The summed E-state index contributed by atoms with van der Waals surface area (Å²) in [6.07, 6.45) is 33.3. The van der Waals surface area contributed by atoms with Crippen LogP contribution in [0.4, 0.5) is 0 Å². The number of carbonyl (C=O) groups excluding carboxylic acids is 2. The van der Waals surface area contributed by atoms with Crippen molar-refractivity contribution in [2.24, 2.45) is 0 Å². The molecule has 0 spiro atoms. The molecule has 4 unspecified atom stereocenters. The lowest BCUT2D eigenvalue weighted by Gasteiger charge is -2.42. The smallest absolute Gasteiger partial charge is 0.306 e. The molecular formula is C55H90O15. The van der Waals surface area contributed by atoms with E-state index in [9.17, 15) is 45.3 Å². The Morgan fingerprint density at radius 1 is 0.471 bits per heavy atom. The maximum Gasteiger partial charge on any atom is 0.306 e. The Morgan fingerprint density at radius 2 is 0.929 bits per heavy atom. The van der Waals surface area contributed by atoms with Crippen LogP contribution >= 0.6 is 0 Å². The van der Waals surface area contributed by atoms with Gasteiger partial charge in [0.05, 0.1) is 19.8 Å². The van der Waals surface area contributed by atoms with Crippen LogP contribution in [0.5, 0.6) is 0 Å². The summed E-state index contributed by atoms with van der Waals surface area (Å²) in [5.74, 6) is -1.04. The van der Waals surface area contributed by atoms with Gasteiger partial charge < -0.3 is 64.2 Å². The molecule has 11 atom stereocenters. The minimum absolute atomic E-state index is 0.0866. The van der Waals surface area contributed by atoms with Gasteiger partial charge in [-0.15, -0.1) is 0 Å². The zero-order valence-electron chi connectivity index (χ0n) is 42.2. The standard InChI is InChI=1S/C55H90O15/c1-3-5-7-9-11-13-15-17-19-20-21-22-24-25-27-29-31-33-35-37-46(57)65-40-43(68-47(58)38-36-34-32-30-28-26-23-18-16-14-12-10-8-6-4-2)41-66-54-53(64)51(62)49(60)45(70-54)42-67-55-52(63)50(61)48(59)44(39-56)69-55/h5,7,11,13,17-19,21-23,25,27,31,33,43-45,48-56,59-64H,3-4,6,8-10,12,14-16,20,24,26,28-30,32,34-42H2,1-2H3/b7-5+,13-11+,19-17+,22-21+,23-18+,27-25+,33-31+/t43-,44+,45+,48-,49-,50?,51?,52?,53?,54+,55+/m0/s1. The first-order valence-corrected chi connectivity index (χ1v) is 26.2. The maximum absolute atomic E-state index is 13.0. The quantitative estimate of drug-likeness (QED) is 0.0179. The fourth-order valence-electron chi connectivity index (χ4n) is 7.59.